The van der Waals surface area contributed by atoms with Crippen LogP contribution < -0.4 is 4.90 Å². The van der Waals surface area contributed by atoms with E-state index in [0.29, 0.717) is 0 Å². The summed E-state index contributed by atoms with van der Waals surface area (Å²) < 4.78 is 5.27. The first-order chi connectivity index (χ1) is 7.40. The number of thiazole rings is 1. The van der Waals surface area contributed by atoms with Gasteiger partial charge in [0.2, 0.25) is 0 Å². The average molecular weight is 224 g/mol. The maximum absolute atomic E-state index is 10.2. The van der Waals surface area contributed by atoms with Gasteiger partial charge in [-0.1, -0.05) is 11.3 Å². The Morgan fingerprint density at radius 1 is 1.47 bits per heavy atom. The molecule has 2 heterocycles. The summed E-state index contributed by atoms with van der Waals surface area (Å²) in [6.45, 7) is 3.31. The number of carbonyl (C=O) groups is 1. The zero-order valence-corrected chi connectivity index (χ0v) is 9.07. The van der Waals surface area contributed by atoms with E-state index in [1.807, 2.05) is 0 Å². The second-order valence-corrected chi connectivity index (χ2v) is 4.18. The first kappa shape index (κ1) is 10.3. The van der Waals surface area contributed by atoms with Gasteiger partial charge in [0.15, 0.2) is 5.13 Å². The minimum Gasteiger partial charge on any atom is -0.378 e. The Hall–Kier alpha value is -1.20. The van der Waals surface area contributed by atoms with Crippen LogP contribution >= 0.6 is 11.3 Å². The lowest BCUT2D eigenvalue weighted by molar-refractivity contribution is -0.104. The summed E-state index contributed by atoms with van der Waals surface area (Å²) in [4.78, 5) is 17.7. The van der Waals surface area contributed by atoms with Gasteiger partial charge in [-0.25, -0.2) is 4.98 Å². The maximum atomic E-state index is 10.2. The molecule has 0 N–H and O–H groups in total. The molecule has 1 aromatic rings. The highest BCUT2D eigenvalue weighted by Crippen LogP contribution is 2.23. The minimum absolute atomic E-state index is 0.763. The van der Waals surface area contributed by atoms with Crippen molar-refractivity contribution in [1.29, 1.82) is 0 Å². The topological polar surface area (TPSA) is 42.4 Å². The smallest absolute Gasteiger partial charge is 0.185 e. The number of allylic oxidation sites excluding steroid dienone is 1. The monoisotopic (exact) mass is 224 g/mol. The molecular formula is C10H12N2O2S. The molecule has 1 aliphatic rings. The molecule has 1 aromatic heterocycles. The standard InChI is InChI=1S/C10H12N2O2S/c13-5-1-2-9-8-11-10(15-9)12-3-6-14-7-4-12/h1-2,5,8H,3-4,6-7H2/b2-1+. The van der Waals surface area contributed by atoms with Crippen molar-refractivity contribution >= 4 is 28.8 Å². The van der Waals surface area contributed by atoms with Gasteiger partial charge in [0.25, 0.3) is 0 Å². The number of hydrogen-bond acceptors (Lipinski definition) is 5. The Kier molecular flexibility index (Phi) is 3.47. The summed E-state index contributed by atoms with van der Waals surface area (Å²) in [7, 11) is 0. The van der Waals surface area contributed by atoms with Gasteiger partial charge in [-0.15, -0.1) is 0 Å². The van der Waals surface area contributed by atoms with Crippen molar-refractivity contribution in [2.45, 2.75) is 0 Å². The van der Waals surface area contributed by atoms with Crippen LogP contribution in [0.15, 0.2) is 12.3 Å². The highest BCUT2D eigenvalue weighted by atomic mass is 32.1. The van der Waals surface area contributed by atoms with E-state index in [2.05, 4.69) is 9.88 Å². The van der Waals surface area contributed by atoms with Crippen molar-refractivity contribution in [3.8, 4) is 0 Å². The van der Waals surface area contributed by atoms with Crippen LogP contribution in [0.5, 0.6) is 0 Å². The number of hydrogen-bond donors (Lipinski definition) is 0. The Balaban J connectivity index is 2.05. The molecule has 0 radical (unpaired) electrons. The number of anilines is 1. The normalized spacial score (nSPS) is 17.2. The molecule has 1 fully saturated rings. The highest BCUT2D eigenvalue weighted by Gasteiger charge is 2.13. The van der Waals surface area contributed by atoms with Gasteiger partial charge >= 0.3 is 0 Å². The molecule has 0 spiro atoms. The van der Waals surface area contributed by atoms with Gasteiger partial charge in [-0.3, -0.25) is 4.79 Å². The summed E-state index contributed by atoms with van der Waals surface area (Å²) in [5.74, 6) is 0. The Morgan fingerprint density at radius 2 is 2.27 bits per heavy atom. The number of aldehydes is 1. The summed E-state index contributed by atoms with van der Waals surface area (Å²) in [5, 5.41) is 1.00. The lowest BCUT2D eigenvalue weighted by Gasteiger charge is -2.25. The van der Waals surface area contributed by atoms with E-state index in [9.17, 15) is 4.79 Å². The summed E-state index contributed by atoms with van der Waals surface area (Å²) in [6.07, 6.45) is 5.81. The van der Waals surface area contributed by atoms with E-state index < -0.39 is 0 Å². The first-order valence-electron chi connectivity index (χ1n) is 4.80. The van der Waals surface area contributed by atoms with E-state index in [-0.39, 0.29) is 0 Å². The number of carbonyl (C=O) groups excluding carboxylic acids is 1. The quantitative estimate of drug-likeness (QED) is 0.571. The molecule has 0 unspecified atom stereocenters. The highest BCUT2D eigenvalue weighted by molar-refractivity contribution is 7.16. The Morgan fingerprint density at radius 3 is 3.00 bits per heavy atom. The van der Waals surface area contributed by atoms with Crippen LogP contribution in [0.25, 0.3) is 6.08 Å². The van der Waals surface area contributed by atoms with E-state index in [0.717, 1.165) is 42.6 Å². The number of aromatic nitrogens is 1. The third kappa shape index (κ3) is 2.64. The van der Waals surface area contributed by atoms with Crippen LogP contribution in [0.3, 0.4) is 0 Å². The number of rotatable bonds is 3. The van der Waals surface area contributed by atoms with Crippen molar-refractivity contribution in [3.05, 3.63) is 17.2 Å². The lowest BCUT2D eigenvalue weighted by Crippen LogP contribution is -2.36. The fourth-order valence-corrected chi connectivity index (χ4v) is 2.27. The second-order valence-electron chi connectivity index (χ2n) is 3.14. The van der Waals surface area contributed by atoms with E-state index in [4.69, 9.17) is 4.74 Å². The molecule has 0 bridgehead atoms. The van der Waals surface area contributed by atoms with Crippen molar-refractivity contribution < 1.29 is 9.53 Å². The zero-order chi connectivity index (χ0) is 10.5. The van der Waals surface area contributed by atoms with Crippen LogP contribution in [0.2, 0.25) is 0 Å². The molecule has 2 rings (SSSR count). The predicted octanol–water partition coefficient (Wildman–Crippen LogP) is 1.19. The summed E-state index contributed by atoms with van der Waals surface area (Å²) >= 11 is 1.59. The predicted molar refractivity (Wildman–Crippen MR) is 60.2 cm³/mol. The number of morpholine rings is 1. The fourth-order valence-electron chi connectivity index (χ4n) is 1.39. The molecule has 15 heavy (non-hydrogen) atoms. The van der Waals surface area contributed by atoms with Crippen molar-refractivity contribution in [1.82, 2.24) is 4.98 Å². The minimum atomic E-state index is 0.763. The van der Waals surface area contributed by atoms with Crippen LogP contribution in [0.4, 0.5) is 5.13 Å². The van der Waals surface area contributed by atoms with E-state index >= 15 is 0 Å². The van der Waals surface area contributed by atoms with Crippen LogP contribution in [0, 0.1) is 0 Å². The molecule has 0 saturated carbocycles. The molecule has 0 aliphatic carbocycles. The first-order valence-corrected chi connectivity index (χ1v) is 5.62. The molecule has 0 aromatic carbocycles. The van der Waals surface area contributed by atoms with Gasteiger partial charge in [0.05, 0.1) is 13.2 Å². The van der Waals surface area contributed by atoms with Crippen LogP contribution in [-0.4, -0.2) is 37.6 Å². The molecular weight excluding hydrogens is 212 g/mol. The Bertz CT molecular complexity index is 356. The van der Waals surface area contributed by atoms with Crippen molar-refractivity contribution in [2.75, 3.05) is 31.2 Å². The van der Waals surface area contributed by atoms with E-state index in [1.54, 1.807) is 23.6 Å². The number of nitrogens with zero attached hydrogens (tertiary/aromatic N) is 2. The van der Waals surface area contributed by atoms with E-state index in [1.165, 1.54) is 6.08 Å². The van der Waals surface area contributed by atoms with Gasteiger partial charge in [0.1, 0.15) is 6.29 Å². The Labute approximate surface area is 92.2 Å². The largest absolute Gasteiger partial charge is 0.378 e. The van der Waals surface area contributed by atoms with Gasteiger partial charge in [-0.05, 0) is 12.2 Å². The van der Waals surface area contributed by atoms with Crippen LogP contribution in [-0.2, 0) is 9.53 Å². The van der Waals surface area contributed by atoms with Crippen molar-refractivity contribution in [2.24, 2.45) is 0 Å². The fraction of sp³-hybridized carbons (Fsp3) is 0.400. The molecule has 0 atom stereocenters. The maximum Gasteiger partial charge on any atom is 0.185 e. The summed E-state index contributed by atoms with van der Waals surface area (Å²) in [5.41, 5.74) is 0. The molecule has 1 aliphatic heterocycles. The lowest BCUT2D eigenvalue weighted by atomic mass is 10.4. The molecule has 0 amide bonds. The van der Waals surface area contributed by atoms with Gasteiger partial charge in [0, 0.05) is 24.2 Å². The average Bonchev–Trinajstić information content (AvgIpc) is 2.76. The zero-order valence-electron chi connectivity index (χ0n) is 8.26. The SMILES string of the molecule is O=C/C=C/c1cnc(N2CCOCC2)s1. The third-order valence-electron chi connectivity index (χ3n) is 2.13. The molecule has 1 saturated heterocycles. The van der Waals surface area contributed by atoms with Crippen molar-refractivity contribution in [3.63, 3.8) is 0 Å². The molecule has 4 nitrogen and oxygen atoms in total. The summed E-state index contributed by atoms with van der Waals surface area (Å²) in [6, 6.07) is 0. The second kappa shape index (κ2) is 5.04. The third-order valence-corrected chi connectivity index (χ3v) is 3.16. The van der Waals surface area contributed by atoms with Gasteiger partial charge in [-0.2, -0.15) is 0 Å². The number of ether oxygens (including phenoxy) is 1. The molecule has 80 valence electrons. The molecule has 5 heteroatoms. The van der Waals surface area contributed by atoms with Gasteiger partial charge < -0.3 is 9.64 Å². The van der Waals surface area contributed by atoms with Crippen LogP contribution in [0.1, 0.15) is 4.88 Å².